The molecule has 2 rings (SSSR count). The molecule has 108 valence electrons. The summed E-state index contributed by atoms with van der Waals surface area (Å²) in [5, 5.41) is 21.2. The Bertz CT molecular complexity index is 528. The molecule has 1 aliphatic rings. The third-order valence-electron chi connectivity index (χ3n) is 3.73. The van der Waals surface area contributed by atoms with Crippen LogP contribution in [0, 0.1) is 0 Å². The van der Waals surface area contributed by atoms with Crippen LogP contribution < -0.4 is 5.11 Å². The Balaban J connectivity index is 2.28. The molecule has 0 saturated carbocycles. The number of aliphatic hydroxyl groups is 1. The molecule has 2 atom stereocenters. The van der Waals surface area contributed by atoms with Crippen LogP contribution in [0.25, 0.3) is 0 Å². The van der Waals surface area contributed by atoms with Gasteiger partial charge in [-0.1, -0.05) is 30.3 Å². The quantitative estimate of drug-likeness (QED) is 0.830. The molecule has 1 aromatic carbocycles. The predicted octanol–water partition coefficient (Wildman–Crippen LogP) is -0.102. The van der Waals surface area contributed by atoms with Crippen LogP contribution in [-0.4, -0.2) is 39.9 Å². The molecule has 6 heteroatoms. The topological polar surface area (TPSA) is 89.9 Å². The van der Waals surface area contributed by atoms with Crippen LogP contribution in [0.4, 0.5) is 4.79 Å². The Morgan fingerprint density at radius 2 is 1.95 bits per heavy atom. The van der Waals surface area contributed by atoms with Gasteiger partial charge in [-0.05, 0) is 19.4 Å². The Kier molecular flexibility index (Phi) is 3.43. The third-order valence-corrected chi connectivity index (χ3v) is 3.73. The molecular weight excluding hydrogens is 262 g/mol. The van der Waals surface area contributed by atoms with E-state index in [1.54, 1.807) is 6.92 Å². The summed E-state index contributed by atoms with van der Waals surface area (Å²) in [6.07, 6.45) is -0.589. The van der Waals surface area contributed by atoms with Gasteiger partial charge in [-0.2, -0.15) is 0 Å². The monoisotopic (exact) mass is 278 g/mol. The van der Waals surface area contributed by atoms with E-state index in [2.05, 4.69) is 0 Å². The molecule has 1 aromatic rings. The molecule has 1 aliphatic heterocycles. The number of hydrogen-bond donors (Lipinski definition) is 1. The fraction of sp³-hybridized carbons (Fsp3) is 0.429. The zero-order valence-electron chi connectivity index (χ0n) is 11.3. The number of rotatable bonds is 4. The SMILES string of the molecule is C[C@]1(O)N(CC(=O)[O-])C(=O)O[C@@]1(C)Cc1ccccc1. The molecular formula is C14H16NO5-. The number of cyclic esters (lactones) is 1. The van der Waals surface area contributed by atoms with E-state index in [4.69, 9.17) is 4.74 Å². The van der Waals surface area contributed by atoms with Gasteiger partial charge in [-0.25, -0.2) is 4.79 Å². The molecule has 0 spiro atoms. The van der Waals surface area contributed by atoms with E-state index in [1.165, 1.54) is 6.92 Å². The smallest absolute Gasteiger partial charge is 0.413 e. The fourth-order valence-electron chi connectivity index (χ4n) is 2.34. The summed E-state index contributed by atoms with van der Waals surface area (Å²) < 4.78 is 5.23. The summed E-state index contributed by atoms with van der Waals surface area (Å²) in [6.45, 7) is 2.23. The van der Waals surface area contributed by atoms with E-state index in [0.717, 1.165) is 10.5 Å². The van der Waals surface area contributed by atoms with E-state index in [0.29, 0.717) is 0 Å². The highest BCUT2D eigenvalue weighted by Crippen LogP contribution is 2.39. The van der Waals surface area contributed by atoms with Gasteiger partial charge in [0.25, 0.3) is 0 Å². The first-order valence-corrected chi connectivity index (χ1v) is 6.23. The highest BCUT2D eigenvalue weighted by atomic mass is 16.6. The number of ether oxygens (including phenoxy) is 1. The molecule has 1 fully saturated rings. The van der Waals surface area contributed by atoms with Gasteiger partial charge >= 0.3 is 6.09 Å². The summed E-state index contributed by atoms with van der Waals surface area (Å²) in [7, 11) is 0. The van der Waals surface area contributed by atoms with Crippen molar-refractivity contribution in [1.82, 2.24) is 4.90 Å². The summed E-state index contributed by atoms with van der Waals surface area (Å²) in [5.74, 6) is -1.45. The number of aliphatic carboxylic acids is 1. The molecule has 0 radical (unpaired) electrons. The van der Waals surface area contributed by atoms with Gasteiger partial charge in [0.05, 0.1) is 12.5 Å². The van der Waals surface area contributed by atoms with Crippen molar-refractivity contribution in [2.24, 2.45) is 0 Å². The first kappa shape index (κ1) is 14.3. The van der Waals surface area contributed by atoms with Gasteiger partial charge < -0.3 is 19.7 Å². The minimum absolute atomic E-state index is 0.274. The van der Waals surface area contributed by atoms with Crippen molar-refractivity contribution < 1.29 is 24.5 Å². The van der Waals surface area contributed by atoms with Crippen molar-refractivity contribution in [1.29, 1.82) is 0 Å². The number of amides is 1. The molecule has 1 heterocycles. The molecule has 0 aromatic heterocycles. The van der Waals surface area contributed by atoms with Crippen LogP contribution in [0.2, 0.25) is 0 Å². The molecule has 1 saturated heterocycles. The van der Waals surface area contributed by atoms with E-state index in [1.807, 2.05) is 30.3 Å². The zero-order chi connectivity index (χ0) is 15.0. The van der Waals surface area contributed by atoms with Gasteiger partial charge in [0.2, 0.25) is 0 Å². The number of nitrogens with zero attached hydrogens (tertiary/aromatic N) is 1. The fourth-order valence-corrected chi connectivity index (χ4v) is 2.34. The minimum Gasteiger partial charge on any atom is -0.548 e. The normalized spacial score (nSPS) is 29.4. The van der Waals surface area contributed by atoms with E-state index >= 15 is 0 Å². The first-order chi connectivity index (χ1) is 9.26. The van der Waals surface area contributed by atoms with Gasteiger partial charge in [0.1, 0.15) is 0 Å². The lowest BCUT2D eigenvalue weighted by molar-refractivity contribution is -0.307. The number of carbonyl (C=O) groups is 2. The zero-order valence-corrected chi connectivity index (χ0v) is 11.3. The van der Waals surface area contributed by atoms with Crippen molar-refractivity contribution in [3.8, 4) is 0 Å². The maximum atomic E-state index is 11.8. The summed E-state index contributed by atoms with van der Waals surface area (Å²) in [4.78, 5) is 23.2. The molecule has 1 N–H and O–H groups in total. The van der Waals surface area contributed by atoms with Crippen molar-refractivity contribution >= 4 is 12.1 Å². The van der Waals surface area contributed by atoms with Gasteiger partial charge in [-0.15, -0.1) is 0 Å². The Hall–Kier alpha value is -2.08. The molecule has 0 aliphatic carbocycles. The largest absolute Gasteiger partial charge is 0.548 e. The second-order valence-electron chi connectivity index (χ2n) is 5.24. The molecule has 0 bridgehead atoms. The third kappa shape index (κ3) is 2.34. The van der Waals surface area contributed by atoms with Gasteiger partial charge in [-0.3, -0.25) is 4.90 Å². The van der Waals surface area contributed by atoms with Crippen molar-refractivity contribution in [2.75, 3.05) is 6.54 Å². The predicted molar refractivity (Wildman–Crippen MR) is 67.4 cm³/mol. The molecule has 6 nitrogen and oxygen atoms in total. The van der Waals surface area contributed by atoms with Crippen LogP contribution in [0.15, 0.2) is 30.3 Å². The van der Waals surface area contributed by atoms with Crippen molar-refractivity contribution in [3.05, 3.63) is 35.9 Å². The first-order valence-electron chi connectivity index (χ1n) is 6.23. The van der Waals surface area contributed by atoms with Crippen molar-refractivity contribution in [3.63, 3.8) is 0 Å². The van der Waals surface area contributed by atoms with Crippen LogP contribution in [-0.2, 0) is 16.0 Å². The van der Waals surface area contributed by atoms with Gasteiger partial charge in [0, 0.05) is 6.42 Å². The lowest BCUT2D eigenvalue weighted by Gasteiger charge is -2.37. The second kappa shape index (κ2) is 4.79. The van der Waals surface area contributed by atoms with Crippen LogP contribution in [0.5, 0.6) is 0 Å². The van der Waals surface area contributed by atoms with Crippen LogP contribution in [0.1, 0.15) is 19.4 Å². The van der Waals surface area contributed by atoms with E-state index < -0.39 is 29.9 Å². The van der Waals surface area contributed by atoms with Crippen LogP contribution in [0.3, 0.4) is 0 Å². The average Bonchev–Trinajstić information content (AvgIpc) is 2.50. The van der Waals surface area contributed by atoms with Crippen molar-refractivity contribution in [2.45, 2.75) is 31.6 Å². The molecule has 0 unspecified atom stereocenters. The lowest BCUT2D eigenvalue weighted by atomic mass is 9.87. The van der Waals surface area contributed by atoms with Crippen LogP contribution >= 0.6 is 0 Å². The maximum absolute atomic E-state index is 11.8. The summed E-state index contributed by atoms with van der Waals surface area (Å²) in [5.41, 5.74) is -2.10. The number of benzene rings is 1. The highest BCUT2D eigenvalue weighted by Gasteiger charge is 2.59. The summed E-state index contributed by atoms with van der Waals surface area (Å²) >= 11 is 0. The average molecular weight is 278 g/mol. The lowest BCUT2D eigenvalue weighted by Crippen LogP contribution is -2.58. The number of carbonyl (C=O) groups excluding carboxylic acids is 2. The second-order valence-corrected chi connectivity index (χ2v) is 5.24. The number of carboxylic acids is 1. The Labute approximate surface area is 116 Å². The van der Waals surface area contributed by atoms with E-state index in [-0.39, 0.29) is 6.42 Å². The number of hydrogen-bond acceptors (Lipinski definition) is 5. The summed E-state index contributed by atoms with van der Waals surface area (Å²) in [6, 6.07) is 9.21. The Morgan fingerprint density at radius 1 is 1.35 bits per heavy atom. The number of carboxylic acid groups (broad SMARTS) is 1. The van der Waals surface area contributed by atoms with E-state index in [9.17, 15) is 19.8 Å². The molecule has 1 amide bonds. The standard InChI is InChI=1S/C14H17NO5/c1-13(8-10-6-4-3-5-7-10)14(2,19)15(9-11(16)17)12(18)20-13/h3-7,19H,8-9H2,1-2H3,(H,16,17)/p-1/t13-,14+/m0/s1. The Morgan fingerprint density at radius 3 is 2.50 bits per heavy atom. The highest BCUT2D eigenvalue weighted by molar-refractivity contribution is 5.78. The van der Waals surface area contributed by atoms with Gasteiger partial charge in [0.15, 0.2) is 11.3 Å². The maximum Gasteiger partial charge on any atom is 0.413 e. The molecule has 20 heavy (non-hydrogen) atoms. The minimum atomic E-state index is -1.74.